The lowest BCUT2D eigenvalue weighted by atomic mass is 10.0. The van der Waals surface area contributed by atoms with Crippen LogP contribution >= 0.6 is 0 Å². The first-order valence-electron chi connectivity index (χ1n) is 6.58. The number of benzene rings is 2. The molecule has 5 heteroatoms. The van der Waals surface area contributed by atoms with Crippen LogP contribution in [-0.4, -0.2) is 0 Å². The van der Waals surface area contributed by atoms with E-state index in [1.807, 2.05) is 6.92 Å². The van der Waals surface area contributed by atoms with Gasteiger partial charge in [-0.1, -0.05) is 37.6 Å². The maximum Gasteiger partial charge on any atom is 0.200 e. The van der Waals surface area contributed by atoms with Crippen molar-refractivity contribution >= 4 is 0 Å². The molecule has 0 bridgehead atoms. The Bertz CT molecular complexity index is 618. The van der Waals surface area contributed by atoms with Gasteiger partial charge < -0.3 is 0 Å². The zero-order chi connectivity index (χ0) is 15.6. The summed E-state index contributed by atoms with van der Waals surface area (Å²) in [6.07, 6.45) is 2.76. The predicted molar refractivity (Wildman–Crippen MR) is 70.3 cm³/mol. The highest BCUT2D eigenvalue weighted by Crippen LogP contribution is 2.31. The van der Waals surface area contributed by atoms with E-state index in [9.17, 15) is 22.0 Å². The van der Waals surface area contributed by atoms with Crippen molar-refractivity contribution in [3.05, 3.63) is 58.9 Å². The Balaban J connectivity index is 2.47. The van der Waals surface area contributed by atoms with E-state index < -0.39 is 34.6 Å². The molecule has 0 aromatic heterocycles. The van der Waals surface area contributed by atoms with E-state index in [0.29, 0.717) is 0 Å². The second-order valence-electron chi connectivity index (χ2n) is 4.75. The van der Waals surface area contributed by atoms with E-state index in [1.165, 1.54) is 12.1 Å². The maximum absolute atomic E-state index is 13.7. The lowest BCUT2D eigenvalue weighted by Crippen LogP contribution is -2.04. The molecule has 112 valence electrons. The summed E-state index contributed by atoms with van der Waals surface area (Å²) >= 11 is 0. The van der Waals surface area contributed by atoms with Gasteiger partial charge >= 0.3 is 0 Å². The Hall–Kier alpha value is -1.91. The van der Waals surface area contributed by atoms with Crippen molar-refractivity contribution in [2.75, 3.05) is 0 Å². The lowest BCUT2D eigenvalue weighted by molar-refractivity contribution is 0.381. The fraction of sp³-hybridized carbons (Fsp3) is 0.250. The van der Waals surface area contributed by atoms with Crippen LogP contribution in [0, 0.1) is 29.1 Å². The number of aryl methyl sites for hydroxylation is 1. The first kappa shape index (κ1) is 15.5. The number of rotatable bonds is 4. The normalized spacial score (nSPS) is 11.0. The van der Waals surface area contributed by atoms with Crippen LogP contribution in [0.2, 0.25) is 0 Å². The zero-order valence-corrected chi connectivity index (χ0v) is 11.3. The van der Waals surface area contributed by atoms with Crippen molar-refractivity contribution in [1.82, 2.24) is 0 Å². The Morgan fingerprint density at radius 3 is 1.67 bits per heavy atom. The molecule has 0 nitrogen and oxygen atoms in total. The van der Waals surface area contributed by atoms with E-state index in [4.69, 9.17) is 0 Å². The van der Waals surface area contributed by atoms with Gasteiger partial charge in [0.2, 0.25) is 5.82 Å². The van der Waals surface area contributed by atoms with Gasteiger partial charge in [0.05, 0.1) is 5.56 Å². The average Bonchev–Trinajstić information content (AvgIpc) is 2.50. The summed E-state index contributed by atoms with van der Waals surface area (Å²) in [6.45, 7) is 2.03. The van der Waals surface area contributed by atoms with Gasteiger partial charge in [0.15, 0.2) is 23.3 Å². The minimum atomic E-state index is -2.15. The highest BCUT2D eigenvalue weighted by atomic mass is 19.2. The second kappa shape index (κ2) is 6.24. The van der Waals surface area contributed by atoms with Crippen LogP contribution in [0.1, 0.15) is 25.3 Å². The van der Waals surface area contributed by atoms with Gasteiger partial charge in [-0.15, -0.1) is 0 Å². The van der Waals surface area contributed by atoms with E-state index in [0.717, 1.165) is 24.8 Å². The highest BCUT2D eigenvalue weighted by molar-refractivity contribution is 5.65. The Kier molecular flexibility index (Phi) is 4.60. The minimum absolute atomic E-state index is 0.0388. The monoisotopic (exact) mass is 300 g/mol. The molecule has 21 heavy (non-hydrogen) atoms. The molecule has 0 saturated carbocycles. The number of hydrogen-bond acceptors (Lipinski definition) is 0. The summed E-state index contributed by atoms with van der Waals surface area (Å²) in [6, 6.07) is 5.98. The topological polar surface area (TPSA) is 0 Å². The van der Waals surface area contributed by atoms with Gasteiger partial charge in [-0.05, 0) is 24.0 Å². The number of hydrogen-bond donors (Lipinski definition) is 0. The van der Waals surface area contributed by atoms with Crippen molar-refractivity contribution in [3.8, 4) is 11.1 Å². The fourth-order valence-corrected chi connectivity index (χ4v) is 2.08. The molecule has 2 rings (SSSR count). The van der Waals surface area contributed by atoms with Crippen LogP contribution in [0.25, 0.3) is 11.1 Å². The molecule has 0 aliphatic rings. The van der Waals surface area contributed by atoms with Crippen molar-refractivity contribution < 1.29 is 22.0 Å². The van der Waals surface area contributed by atoms with Gasteiger partial charge in [0, 0.05) is 0 Å². The first-order chi connectivity index (χ1) is 9.97. The quantitative estimate of drug-likeness (QED) is 0.403. The van der Waals surface area contributed by atoms with Crippen LogP contribution in [0.15, 0.2) is 24.3 Å². The third-order valence-corrected chi connectivity index (χ3v) is 3.27. The molecule has 0 radical (unpaired) electrons. The molecule has 0 saturated heterocycles. The SMILES string of the molecule is CCCCc1ccc(-c2c(F)c(F)c(F)c(F)c2F)cc1. The summed E-state index contributed by atoms with van der Waals surface area (Å²) in [5, 5.41) is 0. The number of unbranched alkanes of at least 4 members (excludes halogenated alkanes) is 1. The zero-order valence-electron chi connectivity index (χ0n) is 11.3. The maximum atomic E-state index is 13.7. The standard InChI is InChI=1S/C16H13F5/c1-2-3-4-9-5-7-10(8-6-9)11-12(17)14(19)16(21)15(20)13(11)18/h5-8H,2-4H2,1H3. The van der Waals surface area contributed by atoms with Gasteiger partial charge in [-0.25, -0.2) is 22.0 Å². The van der Waals surface area contributed by atoms with Crippen LogP contribution in [0.4, 0.5) is 22.0 Å². The van der Waals surface area contributed by atoms with E-state index in [2.05, 4.69) is 0 Å². The van der Waals surface area contributed by atoms with Crippen molar-refractivity contribution in [2.45, 2.75) is 26.2 Å². The average molecular weight is 300 g/mol. The van der Waals surface area contributed by atoms with E-state index in [1.54, 1.807) is 12.1 Å². The molecular formula is C16H13F5. The molecule has 2 aromatic rings. The molecule has 0 amide bonds. The molecule has 0 aliphatic carbocycles. The molecular weight excluding hydrogens is 287 g/mol. The molecule has 0 heterocycles. The van der Waals surface area contributed by atoms with Gasteiger partial charge in [-0.2, -0.15) is 0 Å². The van der Waals surface area contributed by atoms with Crippen molar-refractivity contribution in [1.29, 1.82) is 0 Å². The van der Waals surface area contributed by atoms with Crippen LogP contribution in [0.5, 0.6) is 0 Å². The molecule has 0 aliphatic heterocycles. The summed E-state index contributed by atoms with van der Waals surface area (Å²) < 4.78 is 66.7. The molecule has 0 spiro atoms. The van der Waals surface area contributed by atoms with Crippen LogP contribution in [-0.2, 0) is 6.42 Å². The largest absolute Gasteiger partial charge is 0.203 e. The third kappa shape index (κ3) is 2.91. The molecule has 2 aromatic carbocycles. The van der Waals surface area contributed by atoms with E-state index in [-0.39, 0.29) is 5.56 Å². The first-order valence-corrected chi connectivity index (χ1v) is 6.58. The van der Waals surface area contributed by atoms with Gasteiger partial charge in [0.1, 0.15) is 0 Å². The lowest BCUT2D eigenvalue weighted by Gasteiger charge is -2.09. The van der Waals surface area contributed by atoms with E-state index >= 15 is 0 Å². The minimum Gasteiger partial charge on any atom is -0.203 e. The summed E-state index contributed by atoms with van der Waals surface area (Å²) in [7, 11) is 0. The van der Waals surface area contributed by atoms with Crippen LogP contribution < -0.4 is 0 Å². The summed E-state index contributed by atoms with van der Waals surface area (Å²) in [5.41, 5.74) is 0.0148. The summed E-state index contributed by atoms with van der Waals surface area (Å²) in [4.78, 5) is 0. The van der Waals surface area contributed by atoms with Gasteiger partial charge in [-0.3, -0.25) is 0 Å². The van der Waals surface area contributed by atoms with Gasteiger partial charge in [0.25, 0.3) is 0 Å². The Morgan fingerprint density at radius 1 is 0.714 bits per heavy atom. The second-order valence-corrected chi connectivity index (χ2v) is 4.75. The smallest absolute Gasteiger partial charge is 0.200 e. The summed E-state index contributed by atoms with van der Waals surface area (Å²) in [5.74, 6) is -9.63. The van der Waals surface area contributed by atoms with Crippen molar-refractivity contribution in [3.63, 3.8) is 0 Å². The molecule has 0 N–H and O–H groups in total. The molecule has 0 unspecified atom stereocenters. The number of halogens is 5. The van der Waals surface area contributed by atoms with Crippen molar-refractivity contribution in [2.24, 2.45) is 0 Å². The Labute approximate surface area is 119 Å². The Morgan fingerprint density at radius 2 is 1.19 bits per heavy atom. The molecule has 0 fully saturated rings. The highest BCUT2D eigenvalue weighted by Gasteiger charge is 2.26. The molecule has 0 atom stereocenters. The predicted octanol–water partition coefficient (Wildman–Crippen LogP) is 5.39. The third-order valence-electron chi connectivity index (χ3n) is 3.27. The van der Waals surface area contributed by atoms with Crippen LogP contribution in [0.3, 0.4) is 0 Å². The fourth-order valence-electron chi connectivity index (χ4n) is 2.08.